The molecule has 0 aliphatic heterocycles. The number of alkyl halides is 3. The maximum atomic E-state index is 12.7. The monoisotopic (exact) mass is 451 g/mol. The molecule has 0 radical (unpaired) electrons. The Balaban J connectivity index is 1.60. The zero-order chi connectivity index (χ0) is 21.5. The van der Waals surface area contributed by atoms with Gasteiger partial charge in [-0.15, -0.1) is 0 Å². The summed E-state index contributed by atoms with van der Waals surface area (Å²) in [6.07, 6.45) is -4.73. The number of nitrogens with zero attached hydrogens (tertiary/aromatic N) is 2. The van der Waals surface area contributed by atoms with Crippen molar-refractivity contribution in [2.75, 3.05) is 5.32 Å². The van der Waals surface area contributed by atoms with Gasteiger partial charge in [0, 0.05) is 21.9 Å². The Kier molecular flexibility index (Phi) is 5.13. The molecular weight excluding hydrogens is 442 g/mol. The Morgan fingerprint density at radius 1 is 0.967 bits per heavy atom. The van der Waals surface area contributed by atoms with Crippen LogP contribution in [0.4, 0.5) is 18.9 Å². The quantitative estimate of drug-likeness (QED) is 0.387. The number of anilines is 1. The van der Waals surface area contributed by atoms with E-state index in [9.17, 15) is 18.0 Å². The Hall–Kier alpha value is -3.10. The molecule has 0 unspecified atom stereocenters. The molecule has 30 heavy (non-hydrogen) atoms. The topological polar surface area (TPSA) is 68.0 Å². The first kappa shape index (κ1) is 20.2. The minimum atomic E-state index is -4.73. The number of hydrogen-bond acceptors (Lipinski definition) is 4. The van der Waals surface area contributed by atoms with Crippen LogP contribution in [0, 0.1) is 0 Å². The lowest BCUT2D eigenvalue weighted by atomic mass is 10.1. The molecule has 4 rings (SSSR count). The average molecular weight is 452 g/mol. The van der Waals surface area contributed by atoms with Crippen LogP contribution in [-0.2, 0) is 6.18 Å². The van der Waals surface area contributed by atoms with E-state index in [4.69, 9.17) is 23.2 Å². The zero-order valence-corrected chi connectivity index (χ0v) is 16.3. The summed E-state index contributed by atoms with van der Waals surface area (Å²) in [5.41, 5.74) is 0.924. The highest BCUT2D eigenvalue weighted by Crippen LogP contribution is 2.36. The van der Waals surface area contributed by atoms with Crippen molar-refractivity contribution in [1.29, 1.82) is 0 Å². The zero-order valence-electron chi connectivity index (χ0n) is 14.8. The first-order chi connectivity index (χ1) is 14.2. The van der Waals surface area contributed by atoms with Crippen LogP contribution >= 0.6 is 23.2 Å². The number of benzene rings is 3. The number of halogens is 5. The lowest BCUT2D eigenvalue weighted by Crippen LogP contribution is -2.12. The van der Waals surface area contributed by atoms with Crippen molar-refractivity contribution in [1.82, 2.24) is 10.1 Å². The molecule has 0 spiro atoms. The fourth-order valence-corrected chi connectivity index (χ4v) is 3.43. The standard InChI is InChI=1S/C20H10Cl2F3N3O2/c21-14-9-15(22)16(13-4-2-1-3-12(13)14)26-18(29)11-7-5-10(6-8-11)17-27-19(30-28-17)20(23,24)25/h1-9H,(H,26,29). The molecule has 1 aromatic heterocycles. The highest BCUT2D eigenvalue weighted by molar-refractivity contribution is 6.41. The Morgan fingerprint density at radius 2 is 1.63 bits per heavy atom. The minimum absolute atomic E-state index is 0.235. The van der Waals surface area contributed by atoms with E-state index in [1.54, 1.807) is 24.3 Å². The molecule has 0 atom stereocenters. The molecule has 0 fully saturated rings. The van der Waals surface area contributed by atoms with Crippen molar-refractivity contribution in [3.63, 3.8) is 0 Å². The lowest BCUT2D eigenvalue weighted by molar-refractivity contribution is -0.159. The summed E-state index contributed by atoms with van der Waals surface area (Å²) in [6.45, 7) is 0. The number of rotatable bonds is 3. The Morgan fingerprint density at radius 3 is 2.27 bits per heavy atom. The number of hydrogen-bond donors (Lipinski definition) is 1. The summed E-state index contributed by atoms with van der Waals surface area (Å²) in [4.78, 5) is 16.0. The van der Waals surface area contributed by atoms with Crippen LogP contribution in [0.1, 0.15) is 16.2 Å². The van der Waals surface area contributed by atoms with Crippen molar-refractivity contribution in [3.05, 3.63) is 76.1 Å². The van der Waals surface area contributed by atoms with Crippen molar-refractivity contribution >= 4 is 45.6 Å². The second kappa shape index (κ2) is 7.62. The molecule has 5 nitrogen and oxygen atoms in total. The van der Waals surface area contributed by atoms with Crippen LogP contribution in [0.15, 0.2) is 59.1 Å². The molecule has 4 aromatic rings. The van der Waals surface area contributed by atoms with E-state index in [1.807, 2.05) is 6.07 Å². The number of amides is 1. The summed E-state index contributed by atoms with van der Waals surface area (Å²) in [6, 6.07) is 14.4. The van der Waals surface area contributed by atoms with Crippen molar-refractivity contribution in [3.8, 4) is 11.4 Å². The SMILES string of the molecule is O=C(Nc1c(Cl)cc(Cl)c2ccccc12)c1ccc(-c2noc(C(F)(F)F)n2)cc1. The van der Waals surface area contributed by atoms with Crippen LogP contribution < -0.4 is 5.32 Å². The van der Waals surface area contributed by atoms with Crippen LogP contribution in [0.25, 0.3) is 22.2 Å². The fourth-order valence-electron chi connectivity index (χ4n) is 2.84. The largest absolute Gasteiger partial charge is 0.471 e. The molecule has 152 valence electrons. The summed E-state index contributed by atoms with van der Waals surface area (Å²) < 4.78 is 42.0. The van der Waals surface area contributed by atoms with E-state index in [1.165, 1.54) is 24.3 Å². The van der Waals surface area contributed by atoms with Gasteiger partial charge in [-0.25, -0.2) is 0 Å². The summed E-state index contributed by atoms with van der Waals surface area (Å²) in [7, 11) is 0. The van der Waals surface area contributed by atoms with Gasteiger partial charge in [-0.3, -0.25) is 4.79 Å². The summed E-state index contributed by atoms with van der Waals surface area (Å²) in [5, 5.41) is 8.19. The van der Waals surface area contributed by atoms with Gasteiger partial charge in [-0.2, -0.15) is 18.2 Å². The second-order valence-corrected chi connectivity index (χ2v) is 7.03. The Labute approximate surface area is 177 Å². The summed E-state index contributed by atoms with van der Waals surface area (Å²) in [5.74, 6) is -2.13. The maximum absolute atomic E-state index is 12.7. The van der Waals surface area contributed by atoms with Gasteiger partial charge >= 0.3 is 12.1 Å². The molecular formula is C20H10Cl2F3N3O2. The molecule has 0 aliphatic rings. The fraction of sp³-hybridized carbons (Fsp3) is 0.0500. The molecule has 1 amide bonds. The van der Waals surface area contributed by atoms with Crippen molar-refractivity contribution in [2.24, 2.45) is 0 Å². The van der Waals surface area contributed by atoms with E-state index in [0.717, 1.165) is 5.39 Å². The molecule has 10 heteroatoms. The van der Waals surface area contributed by atoms with Crippen LogP contribution in [0.3, 0.4) is 0 Å². The summed E-state index contributed by atoms with van der Waals surface area (Å²) >= 11 is 12.5. The van der Waals surface area contributed by atoms with Crippen molar-refractivity contribution < 1.29 is 22.5 Å². The van der Waals surface area contributed by atoms with Crippen LogP contribution in [-0.4, -0.2) is 16.0 Å². The normalized spacial score (nSPS) is 11.6. The van der Waals surface area contributed by atoms with Crippen LogP contribution in [0.2, 0.25) is 10.0 Å². The van der Waals surface area contributed by atoms with Gasteiger partial charge in [0.05, 0.1) is 15.7 Å². The number of carbonyl (C=O) groups is 1. The first-order valence-corrected chi connectivity index (χ1v) is 9.19. The first-order valence-electron chi connectivity index (χ1n) is 8.43. The van der Waals surface area contributed by atoms with E-state index in [-0.39, 0.29) is 22.0 Å². The third-order valence-electron chi connectivity index (χ3n) is 4.26. The van der Waals surface area contributed by atoms with Gasteiger partial charge in [0.2, 0.25) is 5.82 Å². The predicted molar refractivity (Wildman–Crippen MR) is 107 cm³/mol. The Bertz CT molecular complexity index is 1250. The third-order valence-corrected chi connectivity index (χ3v) is 4.87. The lowest BCUT2D eigenvalue weighted by Gasteiger charge is -2.12. The maximum Gasteiger partial charge on any atom is 0.471 e. The van der Waals surface area contributed by atoms with Gasteiger partial charge < -0.3 is 9.84 Å². The van der Waals surface area contributed by atoms with E-state index in [2.05, 4.69) is 20.0 Å². The predicted octanol–water partition coefficient (Wildman–Crippen LogP) is 6.47. The highest BCUT2D eigenvalue weighted by atomic mass is 35.5. The minimum Gasteiger partial charge on any atom is -0.329 e. The average Bonchev–Trinajstić information content (AvgIpc) is 3.22. The molecule has 0 saturated carbocycles. The molecule has 3 aromatic carbocycles. The van der Waals surface area contributed by atoms with Crippen LogP contribution in [0.5, 0.6) is 0 Å². The van der Waals surface area contributed by atoms with E-state index < -0.39 is 18.0 Å². The molecule has 0 bridgehead atoms. The number of carbonyl (C=O) groups excluding carboxylic acids is 1. The molecule has 0 aliphatic carbocycles. The van der Waals surface area contributed by atoms with E-state index in [0.29, 0.717) is 16.1 Å². The number of fused-ring (bicyclic) bond motifs is 1. The number of aromatic nitrogens is 2. The molecule has 0 saturated heterocycles. The molecule has 1 N–H and O–H groups in total. The van der Waals surface area contributed by atoms with Crippen molar-refractivity contribution in [2.45, 2.75) is 6.18 Å². The van der Waals surface area contributed by atoms with Gasteiger partial charge in [-0.05, 0) is 18.2 Å². The highest BCUT2D eigenvalue weighted by Gasteiger charge is 2.38. The molecule has 1 heterocycles. The van der Waals surface area contributed by atoms with Gasteiger partial charge in [0.25, 0.3) is 5.91 Å². The van der Waals surface area contributed by atoms with Gasteiger partial charge in [0.1, 0.15) is 0 Å². The third kappa shape index (κ3) is 3.83. The van der Waals surface area contributed by atoms with Gasteiger partial charge in [0.15, 0.2) is 0 Å². The van der Waals surface area contributed by atoms with Gasteiger partial charge in [-0.1, -0.05) is 64.8 Å². The smallest absolute Gasteiger partial charge is 0.329 e. The number of nitrogens with one attached hydrogen (secondary N) is 1. The van der Waals surface area contributed by atoms with E-state index >= 15 is 0 Å². The second-order valence-electron chi connectivity index (χ2n) is 6.21.